The number of carbonyl (C=O) groups excluding carboxylic acids is 1. The molecular weight excluding hydrogens is 412 g/mol. The molecule has 1 heterocycles. The molecule has 0 amide bonds. The van der Waals surface area contributed by atoms with E-state index in [4.69, 9.17) is 9.47 Å². The molecule has 4 heteroatoms. The van der Waals surface area contributed by atoms with Crippen LogP contribution in [0.25, 0.3) is 0 Å². The zero-order valence-corrected chi connectivity index (χ0v) is 20.7. The van der Waals surface area contributed by atoms with Crippen molar-refractivity contribution in [3.8, 4) is 0 Å². The summed E-state index contributed by atoms with van der Waals surface area (Å²) < 4.78 is 11.7. The molecule has 7 atom stereocenters. The van der Waals surface area contributed by atoms with Gasteiger partial charge in [0.25, 0.3) is 0 Å². The Morgan fingerprint density at radius 2 is 1.97 bits per heavy atom. The van der Waals surface area contributed by atoms with Crippen molar-refractivity contribution in [3.63, 3.8) is 0 Å². The van der Waals surface area contributed by atoms with E-state index in [9.17, 15) is 9.90 Å². The van der Waals surface area contributed by atoms with Crippen LogP contribution in [-0.4, -0.2) is 36.0 Å². The molecule has 0 aromatic rings. The first-order chi connectivity index (χ1) is 15.7. The Morgan fingerprint density at radius 3 is 2.73 bits per heavy atom. The van der Waals surface area contributed by atoms with Gasteiger partial charge in [-0.2, -0.15) is 0 Å². The van der Waals surface area contributed by atoms with Gasteiger partial charge in [0.05, 0.1) is 5.60 Å². The molecule has 0 radical (unpaired) electrons. The molecule has 0 aromatic carbocycles. The molecule has 1 saturated heterocycles. The Kier molecular flexibility index (Phi) is 6.03. The molecule has 4 nitrogen and oxygen atoms in total. The van der Waals surface area contributed by atoms with Crippen LogP contribution in [0.3, 0.4) is 0 Å². The van der Waals surface area contributed by atoms with Crippen molar-refractivity contribution in [2.24, 2.45) is 28.6 Å². The van der Waals surface area contributed by atoms with E-state index in [1.54, 1.807) is 0 Å². The standard InChI is InChI=1S/C29H42O4/c1-19-20(2)29(31,13-7-17-33-25-8-5-6-16-32-25)28(4)15-12-24-23(26(19)28)10-9-21-18-22(30)11-14-27(21,24)3/h18,23-26,31H,1-2,5-17H2,3-4H3/t23-,24-,25?,26+,27+,28+,29?/m1/s1. The second kappa shape index (κ2) is 8.46. The third kappa shape index (κ3) is 3.54. The summed E-state index contributed by atoms with van der Waals surface area (Å²) in [6.45, 7) is 15.0. The molecule has 5 rings (SSSR count). The van der Waals surface area contributed by atoms with Crippen molar-refractivity contribution in [2.45, 2.75) is 96.4 Å². The molecule has 2 unspecified atom stereocenters. The van der Waals surface area contributed by atoms with Gasteiger partial charge in [0.2, 0.25) is 0 Å². The summed E-state index contributed by atoms with van der Waals surface area (Å²) >= 11 is 0. The summed E-state index contributed by atoms with van der Waals surface area (Å²) in [5, 5.41) is 12.1. The van der Waals surface area contributed by atoms with E-state index in [2.05, 4.69) is 27.0 Å². The third-order valence-corrected chi connectivity index (χ3v) is 10.5. The molecule has 1 N–H and O–H groups in total. The minimum atomic E-state index is -0.921. The van der Waals surface area contributed by atoms with Gasteiger partial charge in [-0.15, -0.1) is 0 Å². The van der Waals surface area contributed by atoms with Crippen molar-refractivity contribution in [3.05, 3.63) is 36.0 Å². The van der Waals surface area contributed by atoms with E-state index < -0.39 is 5.60 Å². The number of allylic oxidation sites excluding steroid dienone is 1. The van der Waals surface area contributed by atoms with Gasteiger partial charge >= 0.3 is 0 Å². The maximum atomic E-state index is 12.1. The fraction of sp³-hybridized carbons (Fsp3) is 0.759. The lowest BCUT2D eigenvalue weighted by molar-refractivity contribution is -0.166. The van der Waals surface area contributed by atoms with Gasteiger partial charge in [-0.3, -0.25) is 4.79 Å². The van der Waals surface area contributed by atoms with Crippen molar-refractivity contribution in [2.75, 3.05) is 13.2 Å². The maximum absolute atomic E-state index is 12.1. The van der Waals surface area contributed by atoms with Gasteiger partial charge in [0.15, 0.2) is 12.1 Å². The molecule has 33 heavy (non-hydrogen) atoms. The van der Waals surface area contributed by atoms with Gasteiger partial charge in [-0.05, 0) is 105 Å². The maximum Gasteiger partial charge on any atom is 0.157 e. The Labute approximate surface area is 199 Å². The number of ketones is 1. The number of carbonyl (C=O) groups is 1. The van der Waals surface area contributed by atoms with E-state index in [1.165, 1.54) is 5.57 Å². The fourth-order valence-corrected chi connectivity index (χ4v) is 8.49. The average molecular weight is 455 g/mol. The van der Waals surface area contributed by atoms with Crippen LogP contribution >= 0.6 is 0 Å². The van der Waals surface area contributed by atoms with E-state index in [1.807, 2.05) is 6.08 Å². The molecule has 0 spiro atoms. The first-order valence-corrected chi connectivity index (χ1v) is 13.3. The quantitative estimate of drug-likeness (QED) is 0.525. The summed E-state index contributed by atoms with van der Waals surface area (Å²) in [7, 11) is 0. The van der Waals surface area contributed by atoms with E-state index >= 15 is 0 Å². The highest BCUT2D eigenvalue weighted by molar-refractivity contribution is 5.91. The minimum absolute atomic E-state index is 0.0819. The van der Waals surface area contributed by atoms with Crippen LogP contribution < -0.4 is 0 Å². The van der Waals surface area contributed by atoms with Gasteiger partial charge in [-0.1, -0.05) is 32.6 Å². The molecule has 1 aliphatic heterocycles. The Balaban J connectivity index is 1.33. The van der Waals surface area contributed by atoms with Crippen LogP contribution in [0, 0.1) is 28.6 Å². The number of rotatable bonds is 5. The summed E-state index contributed by atoms with van der Waals surface area (Å²) in [6, 6.07) is 0. The van der Waals surface area contributed by atoms with E-state index in [0.717, 1.165) is 75.5 Å². The Bertz CT molecular complexity index is 867. The lowest BCUT2D eigenvalue weighted by Gasteiger charge is -2.59. The lowest BCUT2D eigenvalue weighted by atomic mass is 9.46. The van der Waals surface area contributed by atoms with Crippen molar-refractivity contribution >= 4 is 5.78 Å². The third-order valence-electron chi connectivity index (χ3n) is 10.5. The molecular formula is C29H42O4. The summed E-state index contributed by atoms with van der Waals surface area (Å²) in [4.78, 5) is 12.1. The van der Waals surface area contributed by atoms with Crippen LogP contribution in [0.5, 0.6) is 0 Å². The summed E-state index contributed by atoms with van der Waals surface area (Å²) in [6.07, 6.45) is 12.4. The van der Waals surface area contributed by atoms with Crippen LogP contribution in [0.4, 0.5) is 0 Å². The monoisotopic (exact) mass is 454 g/mol. The average Bonchev–Trinajstić information content (AvgIpc) is 2.96. The number of fused-ring (bicyclic) bond motifs is 5. The fourth-order valence-electron chi connectivity index (χ4n) is 8.49. The first-order valence-electron chi connectivity index (χ1n) is 13.3. The summed E-state index contributed by atoms with van der Waals surface area (Å²) in [5.41, 5.74) is 2.28. The van der Waals surface area contributed by atoms with Crippen molar-refractivity contribution < 1.29 is 19.4 Å². The van der Waals surface area contributed by atoms with E-state index in [-0.39, 0.29) is 23.0 Å². The number of ether oxygens (including phenoxy) is 2. The topological polar surface area (TPSA) is 55.8 Å². The predicted molar refractivity (Wildman–Crippen MR) is 129 cm³/mol. The SMILES string of the molecule is C=C1C(=C)C(O)(CCCOC2CCCCO2)[C@@]2(C)CC[C@@H]3[C@@H](CCC4=CC(=O)CC[C@@]43C)[C@H]12. The van der Waals surface area contributed by atoms with Gasteiger partial charge in [0, 0.05) is 25.0 Å². The normalized spacial score (nSPS) is 45.3. The molecule has 182 valence electrons. The smallest absolute Gasteiger partial charge is 0.157 e. The highest BCUT2D eigenvalue weighted by atomic mass is 16.7. The van der Waals surface area contributed by atoms with Crippen LogP contribution in [0.15, 0.2) is 36.0 Å². The second-order valence-corrected chi connectivity index (χ2v) is 11.9. The predicted octanol–water partition coefficient (Wildman–Crippen LogP) is 5.91. The van der Waals surface area contributed by atoms with Gasteiger partial charge in [0.1, 0.15) is 0 Å². The number of hydrogen-bond acceptors (Lipinski definition) is 4. The number of aliphatic hydroxyl groups is 1. The zero-order valence-electron chi connectivity index (χ0n) is 20.7. The Morgan fingerprint density at radius 1 is 1.15 bits per heavy atom. The molecule has 0 bridgehead atoms. The van der Waals surface area contributed by atoms with Gasteiger partial charge < -0.3 is 14.6 Å². The van der Waals surface area contributed by atoms with Crippen LogP contribution in [-0.2, 0) is 14.3 Å². The molecule has 5 aliphatic rings. The number of hydrogen-bond donors (Lipinski definition) is 1. The van der Waals surface area contributed by atoms with Crippen molar-refractivity contribution in [1.82, 2.24) is 0 Å². The van der Waals surface area contributed by atoms with E-state index in [0.29, 0.717) is 37.1 Å². The molecule has 3 saturated carbocycles. The zero-order chi connectivity index (χ0) is 23.4. The largest absolute Gasteiger partial charge is 0.385 e. The van der Waals surface area contributed by atoms with Crippen LogP contribution in [0.2, 0.25) is 0 Å². The molecule has 4 aliphatic carbocycles. The minimum Gasteiger partial charge on any atom is -0.385 e. The Hall–Kier alpha value is -1.23. The van der Waals surface area contributed by atoms with Gasteiger partial charge in [-0.25, -0.2) is 0 Å². The molecule has 0 aromatic heterocycles. The summed E-state index contributed by atoms with van der Waals surface area (Å²) in [5.74, 6) is 1.63. The second-order valence-electron chi connectivity index (χ2n) is 11.9. The van der Waals surface area contributed by atoms with Crippen molar-refractivity contribution in [1.29, 1.82) is 0 Å². The van der Waals surface area contributed by atoms with Crippen LogP contribution in [0.1, 0.15) is 84.5 Å². The molecule has 4 fully saturated rings. The highest BCUT2D eigenvalue weighted by Gasteiger charge is 2.66. The first kappa shape index (κ1) is 23.5. The highest BCUT2D eigenvalue weighted by Crippen LogP contribution is 2.70. The lowest BCUT2D eigenvalue weighted by Crippen LogP contribution is -2.55.